The van der Waals surface area contributed by atoms with Crippen molar-refractivity contribution in [2.45, 2.75) is 13.5 Å². The van der Waals surface area contributed by atoms with Crippen LogP contribution in [-0.4, -0.2) is 15.7 Å². The van der Waals surface area contributed by atoms with Crippen molar-refractivity contribution in [1.82, 2.24) is 9.78 Å². The van der Waals surface area contributed by atoms with Gasteiger partial charge in [-0.15, -0.1) is 0 Å². The molecule has 0 saturated heterocycles. The number of amides is 1. The normalized spacial score (nSPS) is 9.78. The lowest BCUT2D eigenvalue weighted by molar-refractivity contribution is -0.116. The highest BCUT2D eigenvalue weighted by Crippen LogP contribution is 2.13. The number of para-hydroxylation sites is 1. The van der Waals surface area contributed by atoms with Gasteiger partial charge < -0.3 is 5.32 Å². The second-order valence-corrected chi connectivity index (χ2v) is 3.86. The molecule has 0 spiro atoms. The molecule has 5 heteroatoms. The average molecular weight is 240 g/mol. The Kier molecular flexibility index (Phi) is 3.39. The molecule has 0 bridgehead atoms. The number of nitriles is 1. The molecule has 0 aliphatic carbocycles. The van der Waals surface area contributed by atoms with E-state index in [9.17, 15) is 4.79 Å². The highest BCUT2D eigenvalue weighted by Gasteiger charge is 2.07. The van der Waals surface area contributed by atoms with Crippen molar-refractivity contribution in [3.63, 3.8) is 0 Å². The van der Waals surface area contributed by atoms with E-state index in [4.69, 9.17) is 5.26 Å². The first-order chi connectivity index (χ1) is 8.69. The van der Waals surface area contributed by atoms with Crippen molar-refractivity contribution >= 4 is 11.6 Å². The van der Waals surface area contributed by atoms with Crippen LogP contribution >= 0.6 is 0 Å². The van der Waals surface area contributed by atoms with Crippen molar-refractivity contribution in [1.29, 1.82) is 5.26 Å². The summed E-state index contributed by atoms with van der Waals surface area (Å²) in [7, 11) is 0. The molecule has 0 aliphatic heterocycles. The van der Waals surface area contributed by atoms with Crippen molar-refractivity contribution in [2.75, 3.05) is 5.32 Å². The molecule has 1 aromatic heterocycles. The van der Waals surface area contributed by atoms with Gasteiger partial charge in [0.15, 0.2) is 0 Å². The number of anilines is 1. The molecule has 2 rings (SSSR count). The Balaban J connectivity index is 2.06. The molecule has 0 saturated carbocycles. The van der Waals surface area contributed by atoms with Gasteiger partial charge in [-0.25, -0.2) is 0 Å². The number of carbonyl (C=O) groups excluding carboxylic acids is 1. The molecule has 5 nitrogen and oxygen atoms in total. The molecule has 1 aromatic carbocycles. The Labute approximate surface area is 105 Å². The summed E-state index contributed by atoms with van der Waals surface area (Å²) >= 11 is 0. The number of aryl methyl sites for hydroxylation is 1. The monoisotopic (exact) mass is 240 g/mol. The number of hydrogen-bond donors (Lipinski definition) is 1. The van der Waals surface area contributed by atoms with E-state index in [1.807, 2.05) is 19.1 Å². The molecule has 18 heavy (non-hydrogen) atoms. The summed E-state index contributed by atoms with van der Waals surface area (Å²) in [5.41, 5.74) is 1.83. The minimum absolute atomic E-state index is 0.133. The third-order valence-electron chi connectivity index (χ3n) is 2.40. The summed E-state index contributed by atoms with van der Waals surface area (Å²) in [6.07, 6.45) is 1.74. The Morgan fingerprint density at radius 2 is 2.22 bits per heavy atom. The summed E-state index contributed by atoms with van der Waals surface area (Å²) < 4.78 is 1.56. The van der Waals surface area contributed by atoms with Crippen LogP contribution in [0.1, 0.15) is 11.3 Å². The van der Waals surface area contributed by atoms with Crippen molar-refractivity contribution in [3.8, 4) is 6.07 Å². The molecule has 1 N–H and O–H groups in total. The number of hydrogen-bond acceptors (Lipinski definition) is 3. The molecule has 0 radical (unpaired) electrons. The van der Waals surface area contributed by atoms with E-state index in [2.05, 4.69) is 10.4 Å². The molecule has 0 aliphatic rings. The van der Waals surface area contributed by atoms with Gasteiger partial charge in [-0.2, -0.15) is 10.4 Å². The van der Waals surface area contributed by atoms with Gasteiger partial charge in [-0.05, 0) is 25.1 Å². The number of aromatic nitrogens is 2. The SMILES string of the molecule is Cc1ccn(CC(=O)Nc2ccccc2C#N)n1. The summed E-state index contributed by atoms with van der Waals surface area (Å²) in [4.78, 5) is 11.8. The number of benzene rings is 1. The highest BCUT2D eigenvalue weighted by atomic mass is 16.2. The number of nitrogens with one attached hydrogen (secondary N) is 1. The second kappa shape index (κ2) is 5.15. The minimum Gasteiger partial charge on any atom is -0.323 e. The minimum atomic E-state index is -0.208. The first kappa shape index (κ1) is 11.9. The van der Waals surface area contributed by atoms with Gasteiger partial charge in [0.2, 0.25) is 5.91 Å². The lowest BCUT2D eigenvalue weighted by Crippen LogP contribution is -2.19. The smallest absolute Gasteiger partial charge is 0.246 e. The Bertz CT molecular complexity index is 609. The zero-order valence-corrected chi connectivity index (χ0v) is 9.92. The maximum absolute atomic E-state index is 11.8. The van der Waals surface area contributed by atoms with Crippen LogP contribution in [0.5, 0.6) is 0 Å². The summed E-state index contributed by atoms with van der Waals surface area (Å²) in [6, 6.07) is 10.7. The fourth-order valence-electron chi connectivity index (χ4n) is 1.58. The molecule has 0 fully saturated rings. The van der Waals surface area contributed by atoms with Crippen LogP contribution in [0.4, 0.5) is 5.69 Å². The summed E-state index contributed by atoms with van der Waals surface area (Å²) in [5, 5.41) is 15.7. The lowest BCUT2D eigenvalue weighted by Gasteiger charge is -2.06. The van der Waals surface area contributed by atoms with Crippen LogP contribution in [0.3, 0.4) is 0 Å². The van der Waals surface area contributed by atoms with Crippen molar-refractivity contribution in [2.24, 2.45) is 0 Å². The van der Waals surface area contributed by atoms with Crippen LogP contribution in [0.15, 0.2) is 36.5 Å². The van der Waals surface area contributed by atoms with Gasteiger partial charge in [0, 0.05) is 6.20 Å². The molecular weight excluding hydrogens is 228 g/mol. The second-order valence-electron chi connectivity index (χ2n) is 3.86. The molecule has 1 heterocycles. The van der Waals surface area contributed by atoms with Gasteiger partial charge in [0.05, 0.1) is 16.9 Å². The third kappa shape index (κ3) is 2.74. The average Bonchev–Trinajstić information content (AvgIpc) is 2.75. The molecule has 0 atom stereocenters. The summed E-state index contributed by atoms with van der Waals surface area (Å²) in [6.45, 7) is 1.99. The Morgan fingerprint density at radius 1 is 1.44 bits per heavy atom. The van der Waals surface area contributed by atoms with E-state index >= 15 is 0 Å². The van der Waals surface area contributed by atoms with Crippen molar-refractivity contribution in [3.05, 3.63) is 47.8 Å². The zero-order valence-electron chi connectivity index (χ0n) is 9.92. The van der Waals surface area contributed by atoms with Crippen LogP contribution < -0.4 is 5.32 Å². The van der Waals surface area contributed by atoms with Gasteiger partial charge in [0.25, 0.3) is 0 Å². The van der Waals surface area contributed by atoms with Gasteiger partial charge in [-0.3, -0.25) is 9.48 Å². The molecule has 0 unspecified atom stereocenters. The van der Waals surface area contributed by atoms with E-state index in [1.165, 1.54) is 0 Å². The fourth-order valence-corrected chi connectivity index (χ4v) is 1.58. The lowest BCUT2D eigenvalue weighted by atomic mass is 10.2. The van der Waals surface area contributed by atoms with E-state index < -0.39 is 0 Å². The van der Waals surface area contributed by atoms with Crippen LogP contribution in [0, 0.1) is 18.3 Å². The van der Waals surface area contributed by atoms with E-state index in [1.54, 1.807) is 35.1 Å². The highest BCUT2D eigenvalue weighted by molar-refractivity contribution is 5.91. The maximum Gasteiger partial charge on any atom is 0.246 e. The molecule has 90 valence electrons. The van der Waals surface area contributed by atoms with Crippen LogP contribution in [0.25, 0.3) is 0 Å². The van der Waals surface area contributed by atoms with Crippen LogP contribution in [-0.2, 0) is 11.3 Å². The predicted octanol–water partition coefficient (Wildman–Crippen LogP) is 1.70. The van der Waals surface area contributed by atoms with E-state index in [0.717, 1.165) is 5.69 Å². The van der Waals surface area contributed by atoms with Gasteiger partial charge in [-0.1, -0.05) is 12.1 Å². The Hall–Kier alpha value is -2.61. The van der Waals surface area contributed by atoms with E-state index in [0.29, 0.717) is 11.3 Å². The number of carbonyl (C=O) groups is 1. The fraction of sp³-hybridized carbons (Fsp3) is 0.154. The quantitative estimate of drug-likeness (QED) is 0.887. The first-order valence-corrected chi connectivity index (χ1v) is 5.48. The van der Waals surface area contributed by atoms with Gasteiger partial charge in [0.1, 0.15) is 12.6 Å². The van der Waals surface area contributed by atoms with Crippen molar-refractivity contribution < 1.29 is 4.79 Å². The van der Waals surface area contributed by atoms with E-state index in [-0.39, 0.29) is 12.5 Å². The topological polar surface area (TPSA) is 70.7 Å². The molecule has 2 aromatic rings. The number of rotatable bonds is 3. The molecule has 1 amide bonds. The zero-order chi connectivity index (χ0) is 13.0. The third-order valence-corrected chi connectivity index (χ3v) is 2.40. The number of nitrogens with zero attached hydrogens (tertiary/aromatic N) is 3. The Morgan fingerprint density at radius 3 is 2.89 bits per heavy atom. The largest absolute Gasteiger partial charge is 0.323 e. The summed E-state index contributed by atoms with van der Waals surface area (Å²) in [5.74, 6) is -0.208. The predicted molar refractivity (Wildman–Crippen MR) is 66.8 cm³/mol. The van der Waals surface area contributed by atoms with Crippen LogP contribution in [0.2, 0.25) is 0 Å². The first-order valence-electron chi connectivity index (χ1n) is 5.48. The maximum atomic E-state index is 11.8. The van der Waals surface area contributed by atoms with Gasteiger partial charge >= 0.3 is 0 Å². The molecular formula is C13H12N4O. The standard InChI is InChI=1S/C13H12N4O/c1-10-6-7-17(16-10)9-13(18)15-12-5-3-2-4-11(12)8-14/h2-7H,9H2,1H3,(H,15,18).